The van der Waals surface area contributed by atoms with Gasteiger partial charge in [-0.05, 0) is 31.0 Å². The van der Waals surface area contributed by atoms with Crippen molar-refractivity contribution in [1.82, 2.24) is 4.57 Å². The third-order valence-corrected chi connectivity index (χ3v) is 4.61. The van der Waals surface area contributed by atoms with Gasteiger partial charge in [-0.25, -0.2) is 13.5 Å². The number of nitrogens with zero attached hydrogens (tertiary/aromatic N) is 2. The number of aryl methyl sites for hydroxylation is 1. The van der Waals surface area contributed by atoms with Crippen LogP contribution in [0.25, 0.3) is 11.3 Å². The van der Waals surface area contributed by atoms with Crippen molar-refractivity contribution >= 4 is 0 Å². The molecule has 0 amide bonds. The summed E-state index contributed by atoms with van der Waals surface area (Å²) in [6, 6.07) is 15.5. The van der Waals surface area contributed by atoms with Gasteiger partial charge in [0, 0.05) is 5.56 Å². The summed E-state index contributed by atoms with van der Waals surface area (Å²) in [5.41, 5.74) is 4.95. The number of fused-ring (bicyclic) bond motifs is 1. The first-order valence-electron chi connectivity index (χ1n) is 8.14. The van der Waals surface area contributed by atoms with E-state index in [1.165, 1.54) is 41.2 Å². The summed E-state index contributed by atoms with van der Waals surface area (Å²) >= 11 is 0. The minimum atomic E-state index is -0.179. The van der Waals surface area contributed by atoms with Crippen molar-refractivity contribution in [2.45, 2.75) is 32.9 Å². The van der Waals surface area contributed by atoms with Gasteiger partial charge in [0.15, 0.2) is 5.69 Å². The fraction of sp³-hybridized carbons (Fsp3) is 0.250. The van der Waals surface area contributed by atoms with Crippen molar-refractivity contribution in [3.05, 3.63) is 77.5 Å². The molecule has 4 rings (SSSR count). The molecule has 0 bridgehead atoms. The maximum atomic E-state index is 13.1. The summed E-state index contributed by atoms with van der Waals surface area (Å²) in [6.07, 6.45) is 4.54. The highest BCUT2D eigenvalue weighted by Gasteiger charge is 2.28. The monoisotopic (exact) mass is 307 g/mol. The Labute approximate surface area is 135 Å². The standard InChI is InChI=1S/C20H20FN2/c1-15-4-8-17(9-5-15)19-14-22(20-3-2-12-23(19)20)13-16-6-10-18(21)11-7-16/h4-11,14H,2-3,12-13H2,1H3/q+1. The summed E-state index contributed by atoms with van der Waals surface area (Å²) in [5, 5.41) is 0. The van der Waals surface area contributed by atoms with Crippen LogP contribution < -0.4 is 4.57 Å². The van der Waals surface area contributed by atoms with Crippen molar-refractivity contribution in [3.63, 3.8) is 0 Å². The fourth-order valence-corrected chi connectivity index (χ4v) is 3.39. The highest BCUT2D eigenvalue weighted by atomic mass is 19.1. The summed E-state index contributed by atoms with van der Waals surface area (Å²) in [7, 11) is 0. The lowest BCUT2D eigenvalue weighted by atomic mass is 10.1. The predicted molar refractivity (Wildman–Crippen MR) is 88.6 cm³/mol. The zero-order valence-electron chi connectivity index (χ0n) is 13.3. The molecular weight excluding hydrogens is 287 g/mol. The van der Waals surface area contributed by atoms with Gasteiger partial charge in [0.05, 0.1) is 13.0 Å². The molecule has 1 aromatic heterocycles. The van der Waals surface area contributed by atoms with E-state index in [1.807, 2.05) is 12.1 Å². The molecule has 0 fully saturated rings. The third-order valence-electron chi connectivity index (χ3n) is 4.61. The molecule has 2 heterocycles. The van der Waals surface area contributed by atoms with Crippen LogP contribution in [0.1, 0.15) is 23.4 Å². The molecule has 116 valence electrons. The SMILES string of the molecule is Cc1ccc(-c2c[n+](Cc3ccc(F)cc3)c3n2CCC3)cc1. The van der Waals surface area contributed by atoms with E-state index in [1.54, 1.807) is 0 Å². The number of hydrogen-bond donors (Lipinski definition) is 0. The van der Waals surface area contributed by atoms with Crippen molar-refractivity contribution in [2.24, 2.45) is 0 Å². The van der Waals surface area contributed by atoms with Gasteiger partial charge in [-0.15, -0.1) is 0 Å². The number of rotatable bonds is 3. The second kappa shape index (κ2) is 5.65. The Hall–Kier alpha value is -2.42. The second-order valence-corrected chi connectivity index (χ2v) is 6.31. The topological polar surface area (TPSA) is 8.81 Å². The van der Waals surface area contributed by atoms with E-state index in [0.717, 1.165) is 25.1 Å². The first-order valence-corrected chi connectivity index (χ1v) is 8.14. The zero-order valence-corrected chi connectivity index (χ0v) is 13.3. The van der Waals surface area contributed by atoms with Crippen LogP contribution in [0.5, 0.6) is 0 Å². The molecule has 0 radical (unpaired) electrons. The van der Waals surface area contributed by atoms with E-state index < -0.39 is 0 Å². The first-order chi connectivity index (χ1) is 11.2. The molecule has 1 aliphatic rings. The van der Waals surface area contributed by atoms with E-state index in [4.69, 9.17) is 0 Å². The van der Waals surface area contributed by atoms with Gasteiger partial charge in [-0.1, -0.05) is 42.0 Å². The van der Waals surface area contributed by atoms with Crippen molar-refractivity contribution in [3.8, 4) is 11.3 Å². The number of hydrogen-bond acceptors (Lipinski definition) is 0. The molecule has 2 nitrogen and oxygen atoms in total. The molecule has 0 spiro atoms. The van der Waals surface area contributed by atoms with E-state index >= 15 is 0 Å². The van der Waals surface area contributed by atoms with E-state index in [2.05, 4.69) is 46.5 Å². The molecule has 3 heteroatoms. The molecule has 23 heavy (non-hydrogen) atoms. The lowest BCUT2D eigenvalue weighted by Gasteiger charge is -1.99. The molecule has 1 aliphatic heterocycles. The normalized spacial score (nSPS) is 13.3. The Bertz CT molecular complexity index is 829. The minimum absolute atomic E-state index is 0.179. The van der Waals surface area contributed by atoms with Gasteiger partial charge < -0.3 is 0 Å². The molecule has 3 aromatic rings. The molecule has 0 saturated heterocycles. The number of aromatic nitrogens is 2. The predicted octanol–water partition coefficient (Wildman–Crippen LogP) is 3.88. The lowest BCUT2D eigenvalue weighted by Crippen LogP contribution is -2.36. The fourth-order valence-electron chi connectivity index (χ4n) is 3.39. The van der Waals surface area contributed by atoms with Gasteiger partial charge in [-0.2, -0.15) is 0 Å². The van der Waals surface area contributed by atoms with Crippen LogP contribution in [0.2, 0.25) is 0 Å². The van der Waals surface area contributed by atoms with Gasteiger partial charge in [-0.3, -0.25) is 0 Å². The Morgan fingerprint density at radius 2 is 1.78 bits per heavy atom. The smallest absolute Gasteiger partial charge is 0.229 e. The first kappa shape index (κ1) is 14.2. The van der Waals surface area contributed by atoms with E-state index in [9.17, 15) is 4.39 Å². The van der Waals surface area contributed by atoms with Crippen molar-refractivity contribution < 1.29 is 8.96 Å². The molecule has 0 saturated carbocycles. The average molecular weight is 307 g/mol. The van der Waals surface area contributed by atoms with Crippen LogP contribution in [-0.2, 0) is 19.5 Å². The van der Waals surface area contributed by atoms with Crippen LogP contribution >= 0.6 is 0 Å². The molecule has 2 aromatic carbocycles. The third kappa shape index (κ3) is 2.67. The molecule has 0 unspecified atom stereocenters. The Kier molecular flexibility index (Phi) is 3.49. The van der Waals surface area contributed by atoms with Gasteiger partial charge in [0.2, 0.25) is 0 Å². The quantitative estimate of drug-likeness (QED) is 0.649. The van der Waals surface area contributed by atoms with Gasteiger partial charge >= 0.3 is 0 Å². The number of halogens is 1. The lowest BCUT2D eigenvalue weighted by molar-refractivity contribution is -0.694. The van der Waals surface area contributed by atoms with Crippen LogP contribution in [0.3, 0.4) is 0 Å². The van der Waals surface area contributed by atoms with Crippen LogP contribution in [0.15, 0.2) is 54.7 Å². The van der Waals surface area contributed by atoms with Gasteiger partial charge in [0.1, 0.15) is 18.6 Å². The zero-order chi connectivity index (χ0) is 15.8. The second-order valence-electron chi connectivity index (χ2n) is 6.31. The molecule has 0 N–H and O–H groups in total. The Morgan fingerprint density at radius 3 is 2.52 bits per heavy atom. The maximum absolute atomic E-state index is 13.1. The van der Waals surface area contributed by atoms with Gasteiger partial charge in [0.25, 0.3) is 5.82 Å². The van der Waals surface area contributed by atoms with Crippen LogP contribution in [0.4, 0.5) is 4.39 Å². The van der Waals surface area contributed by atoms with E-state index in [-0.39, 0.29) is 5.82 Å². The maximum Gasteiger partial charge on any atom is 0.257 e. The largest absolute Gasteiger partial charge is 0.257 e. The van der Waals surface area contributed by atoms with Crippen molar-refractivity contribution in [2.75, 3.05) is 0 Å². The minimum Gasteiger partial charge on any atom is -0.229 e. The summed E-state index contributed by atoms with van der Waals surface area (Å²) in [4.78, 5) is 0. The van der Waals surface area contributed by atoms with Crippen LogP contribution in [0, 0.1) is 12.7 Å². The summed E-state index contributed by atoms with van der Waals surface area (Å²) in [6.45, 7) is 3.98. The number of benzene rings is 2. The molecular formula is C20H20FN2+. The average Bonchev–Trinajstić information content (AvgIpc) is 3.14. The Balaban J connectivity index is 1.72. The Morgan fingerprint density at radius 1 is 1.04 bits per heavy atom. The van der Waals surface area contributed by atoms with E-state index in [0.29, 0.717) is 0 Å². The highest BCUT2D eigenvalue weighted by Crippen LogP contribution is 2.25. The summed E-state index contributed by atoms with van der Waals surface area (Å²) < 4.78 is 17.8. The summed E-state index contributed by atoms with van der Waals surface area (Å²) in [5.74, 6) is 1.19. The van der Waals surface area contributed by atoms with Crippen LogP contribution in [-0.4, -0.2) is 4.57 Å². The molecule has 0 atom stereocenters. The highest BCUT2D eigenvalue weighted by molar-refractivity contribution is 5.59. The number of imidazole rings is 1. The molecule has 0 aliphatic carbocycles. The van der Waals surface area contributed by atoms with Crippen molar-refractivity contribution in [1.29, 1.82) is 0 Å².